The summed E-state index contributed by atoms with van der Waals surface area (Å²) < 4.78 is 78.7. The molecule has 14 bridgehead atoms. The lowest BCUT2D eigenvalue weighted by atomic mass is 9.95. The highest BCUT2D eigenvalue weighted by Crippen LogP contribution is 2.39. The number of carbonyl (C=O) groups is 1. The molecule has 0 aromatic carbocycles. The van der Waals surface area contributed by atoms with Crippen LogP contribution in [0.4, 0.5) is 0 Å². The maximum atomic E-state index is 12.6. The maximum Gasteiger partial charge on any atom is 0.335 e. The zero-order valence-electron chi connectivity index (χ0n) is 40.5. The van der Waals surface area contributed by atoms with E-state index in [1.165, 1.54) is 0 Å². The van der Waals surface area contributed by atoms with Crippen molar-refractivity contribution in [2.24, 2.45) is 0 Å². The van der Waals surface area contributed by atoms with E-state index in [-0.39, 0.29) is 0 Å². The van der Waals surface area contributed by atoms with E-state index in [4.69, 9.17) is 66.3 Å². The molecule has 0 radical (unpaired) electrons. The molecule has 21 aliphatic heterocycles. The molecule has 452 valence electrons. The van der Waals surface area contributed by atoms with E-state index in [9.17, 15) is 112 Å². The zero-order valence-corrected chi connectivity index (χ0v) is 40.5. The Balaban J connectivity index is 1.09. The summed E-state index contributed by atoms with van der Waals surface area (Å²) in [6, 6.07) is 0. The number of hydrogen-bond acceptors (Lipinski definition) is 35. The fraction of sp³-hybridized carbons (Fsp3) is 0.976. The van der Waals surface area contributed by atoms with Crippen molar-refractivity contribution in [2.45, 2.75) is 215 Å². The maximum absolute atomic E-state index is 12.6. The molecule has 0 spiro atoms. The lowest BCUT2D eigenvalue weighted by Crippen LogP contribution is -2.68. The number of hydrogen-bond donors (Lipinski definition) is 21. The van der Waals surface area contributed by atoms with E-state index in [0.717, 1.165) is 0 Å². The highest BCUT2D eigenvalue weighted by atomic mass is 16.8. The van der Waals surface area contributed by atoms with E-state index in [1.54, 1.807) is 0 Å². The summed E-state index contributed by atoms with van der Waals surface area (Å²) in [6.07, 6.45) is -73.4. The summed E-state index contributed by atoms with van der Waals surface area (Å²) >= 11 is 0. The third-order valence-corrected chi connectivity index (χ3v) is 14.8. The van der Waals surface area contributed by atoms with Crippen LogP contribution in [0.5, 0.6) is 0 Å². The lowest BCUT2D eigenvalue weighted by molar-refractivity contribution is -0.396. The van der Waals surface area contributed by atoms with Crippen molar-refractivity contribution in [3.63, 3.8) is 0 Å². The number of rotatable bonds is 7. The normalized spacial score (nSPS) is 54.7. The second-order valence-electron chi connectivity index (χ2n) is 19.7. The molecule has 0 unspecified atom stereocenters. The molecule has 36 heteroatoms. The number of aliphatic carboxylic acids is 1. The minimum absolute atomic E-state index is 1.06. The summed E-state index contributed by atoms with van der Waals surface area (Å²) in [5, 5.41) is 230. The minimum Gasteiger partial charge on any atom is -0.479 e. The van der Waals surface area contributed by atoms with Crippen LogP contribution in [0.25, 0.3) is 0 Å². The smallest absolute Gasteiger partial charge is 0.335 e. The Morgan fingerprint density at radius 2 is 0.385 bits per heavy atom. The molecule has 0 aromatic rings. The minimum atomic E-state index is -2.40. The van der Waals surface area contributed by atoms with Crippen LogP contribution in [0, 0.1) is 0 Å². The number of aliphatic hydroxyl groups excluding tert-OH is 20. The van der Waals surface area contributed by atoms with Crippen molar-refractivity contribution in [3.05, 3.63) is 0 Å². The molecule has 0 amide bonds. The van der Waals surface area contributed by atoms with E-state index < -0.39 is 261 Å². The van der Waals surface area contributed by atoms with Gasteiger partial charge in [-0.3, -0.25) is 0 Å². The molecule has 21 saturated heterocycles. The predicted octanol–water partition coefficient (Wildman–Crippen LogP) is -15.1. The van der Waals surface area contributed by atoms with Crippen LogP contribution in [0.1, 0.15) is 0 Å². The van der Waals surface area contributed by atoms with Crippen molar-refractivity contribution >= 4 is 5.97 Å². The Morgan fingerprint density at radius 1 is 0.231 bits per heavy atom. The first-order valence-electron chi connectivity index (χ1n) is 24.6. The summed E-state index contributed by atoms with van der Waals surface area (Å²) in [5.41, 5.74) is 0. The molecule has 21 fully saturated rings. The molecule has 21 rings (SSSR count). The standard InChI is InChI=1S/C42H68O36/c43-1-7-27-14(50)21(57)37(66-7)73-29-9(3-45)68-39(23(59)16(29)52)75-31-11(5-47)70-41(25(61)18(31)54)77-33-19(55)26(62)42(78-34(33)35(63)64)76-32-12(6-48)69-40(24(60)17(32)53)74-30-10(4-46)67-38(22(58)15(30)51)72-28-8(2-44)65-36(71-27)20(56)13(28)49/h7-34,36-62H,1-6H2,(H,63,64)/t7-,8-,9-,10-,11+,12-,13-,14-,15+,16-,17+,18-,19-,20-,21-,22+,23-,24+,25-,26-,27-,28-,29-,30-,31-,32-,33+,34+,36-,37-,38-,39-,40-,41-,42+/m1/s1. The molecule has 21 heterocycles. The van der Waals surface area contributed by atoms with Gasteiger partial charge in [-0.25, -0.2) is 4.79 Å². The van der Waals surface area contributed by atoms with E-state index in [0.29, 0.717) is 0 Å². The molecule has 36 nitrogen and oxygen atoms in total. The van der Waals surface area contributed by atoms with Crippen LogP contribution in [-0.4, -0.2) is 368 Å². The van der Waals surface area contributed by atoms with Crippen molar-refractivity contribution in [1.29, 1.82) is 0 Å². The predicted molar refractivity (Wildman–Crippen MR) is 229 cm³/mol. The molecule has 35 atom stereocenters. The van der Waals surface area contributed by atoms with Crippen LogP contribution in [0.15, 0.2) is 0 Å². The van der Waals surface area contributed by atoms with Crippen molar-refractivity contribution < 1.29 is 178 Å². The van der Waals surface area contributed by atoms with Gasteiger partial charge in [0.2, 0.25) is 0 Å². The van der Waals surface area contributed by atoms with E-state index in [1.807, 2.05) is 0 Å². The molecule has 21 aliphatic rings. The zero-order chi connectivity index (χ0) is 56.9. The van der Waals surface area contributed by atoms with Gasteiger partial charge in [-0.1, -0.05) is 0 Å². The number of aliphatic hydroxyl groups is 20. The average Bonchev–Trinajstić information content (AvgIpc) is 3.43. The van der Waals surface area contributed by atoms with Gasteiger partial charge in [0.25, 0.3) is 0 Å². The monoisotopic (exact) mass is 1150 g/mol. The molecule has 0 saturated carbocycles. The molecular formula is C42H68O36. The lowest BCUT2D eigenvalue weighted by Gasteiger charge is -2.50. The van der Waals surface area contributed by atoms with Crippen LogP contribution < -0.4 is 0 Å². The SMILES string of the molecule is O=C(O)[C@H]1O[C@@H]2O[C@H]3[C@@H](O)[C@H](O)[C@@H](O[C@H]4[C@@H](O)[C@H](O)[C@@H](O[C@H]5[C@H](O)[C@@H](O)[C@@H](O[C@H]6[C@H](O)[C@@H](O)[C@@H](O[C@H]7[C@H](O)[C@@H](O)[C@@H](O[C@H]8[C@H](O)[C@@H](O)[C@@H](O[C@H]1[C@H](O)[C@H]2O)O[C@H]8CO)O[C@@H]7CO)O[C@@H]6CO)O[C@@H]5CO)O[C@@H]4CO)O[C@@H]3CO. The first-order valence-corrected chi connectivity index (χ1v) is 24.6. The summed E-state index contributed by atoms with van der Waals surface area (Å²) in [4.78, 5) is 12.6. The molecule has 0 aromatic heterocycles. The Bertz CT molecular complexity index is 1900. The number of ether oxygens (including phenoxy) is 14. The number of carboxylic acids is 1. The van der Waals surface area contributed by atoms with Gasteiger partial charge in [0, 0.05) is 0 Å². The molecular weight excluding hydrogens is 1080 g/mol. The largest absolute Gasteiger partial charge is 0.479 e. The Hall–Kier alpha value is -1.89. The first kappa shape index (κ1) is 62.2. The van der Waals surface area contributed by atoms with Crippen molar-refractivity contribution in [1.82, 2.24) is 0 Å². The van der Waals surface area contributed by atoms with Gasteiger partial charge < -0.3 is 174 Å². The third kappa shape index (κ3) is 11.9. The Labute approximate surface area is 438 Å². The molecule has 78 heavy (non-hydrogen) atoms. The van der Waals surface area contributed by atoms with Gasteiger partial charge >= 0.3 is 5.97 Å². The van der Waals surface area contributed by atoms with Gasteiger partial charge in [-0.05, 0) is 0 Å². The van der Waals surface area contributed by atoms with Crippen LogP contribution in [0.2, 0.25) is 0 Å². The van der Waals surface area contributed by atoms with Gasteiger partial charge in [0.05, 0.1) is 39.6 Å². The van der Waals surface area contributed by atoms with Crippen molar-refractivity contribution in [3.8, 4) is 0 Å². The van der Waals surface area contributed by atoms with Crippen LogP contribution in [-0.2, 0) is 71.1 Å². The average molecular weight is 1150 g/mol. The summed E-state index contributed by atoms with van der Waals surface area (Å²) in [7, 11) is 0. The van der Waals surface area contributed by atoms with Crippen LogP contribution in [0.3, 0.4) is 0 Å². The van der Waals surface area contributed by atoms with E-state index >= 15 is 0 Å². The fourth-order valence-corrected chi connectivity index (χ4v) is 10.4. The second-order valence-corrected chi connectivity index (χ2v) is 19.7. The van der Waals surface area contributed by atoms with Crippen molar-refractivity contribution in [2.75, 3.05) is 39.6 Å². The van der Waals surface area contributed by atoms with Gasteiger partial charge in [-0.2, -0.15) is 0 Å². The Morgan fingerprint density at radius 3 is 0.551 bits per heavy atom. The highest BCUT2D eigenvalue weighted by molar-refractivity contribution is 5.73. The fourth-order valence-electron chi connectivity index (χ4n) is 10.4. The topological polar surface area (TPSA) is 571 Å². The summed E-state index contributed by atoms with van der Waals surface area (Å²) in [6.45, 7) is -6.51. The highest BCUT2D eigenvalue weighted by Gasteiger charge is 2.60. The summed E-state index contributed by atoms with van der Waals surface area (Å²) in [5.74, 6) is -1.93. The van der Waals surface area contributed by atoms with Crippen LogP contribution >= 0.6 is 0 Å². The molecule has 21 N–H and O–H groups in total. The van der Waals surface area contributed by atoms with Gasteiger partial charge in [0.1, 0.15) is 165 Å². The first-order chi connectivity index (χ1) is 37.0. The molecule has 0 aliphatic carbocycles. The second kappa shape index (κ2) is 25.9. The third-order valence-electron chi connectivity index (χ3n) is 14.8. The van der Waals surface area contributed by atoms with Gasteiger partial charge in [0.15, 0.2) is 50.1 Å². The van der Waals surface area contributed by atoms with Gasteiger partial charge in [-0.15, -0.1) is 0 Å². The Kier molecular flexibility index (Phi) is 20.7. The number of carboxylic acid groups (broad SMARTS) is 1. The quantitative estimate of drug-likeness (QED) is 0.113. The van der Waals surface area contributed by atoms with E-state index in [2.05, 4.69) is 0 Å².